The molecule has 4 aromatic rings. The minimum absolute atomic E-state index is 0.320. The monoisotopic (exact) mass is 399 g/mol. The Morgan fingerprint density at radius 1 is 1.00 bits per heavy atom. The first-order chi connectivity index (χ1) is 14.2. The van der Waals surface area contributed by atoms with E-state index in [0.29, 0.717) is 33.1 Å². The molecule has 0 bridgehead atoms. The molecule has 140 valence electrons. The molecule has 4 rings (SSSR count). The standard InChI is InChI=1S/C23H14FN3OS/c24-19-10-3-1-8-17(19)23-27-21(14-29-23)18-9-2-4-11-20(18)26-22(28)16-7-5-6-15(12-16)13-25/h1-12,14H,(H,26,28). The van der Waals surface area contributed by atoms with Gasteiger partial charge in [-0.15, -0.1) is 11.3 Å². The Morgan fingerprint density at radius 3 is 2.55 bits per heavy atom. The zero-order valence-corrected chi connectivity index (χ0v) is 15.9. The van der Waals surface area contributed by atoms with Gasteiger partial charge in [0, 0.05) is 22.1 Å². The summed E-state index contributed by atoms with van der Waals surface area (Å²) in [4.78, 5) is 17.2. The van der Waals surface area contributed by atoms with Gasteiger partial charge < -0.3 is 5.32 Å². The Kier molecular flexibility index (Phi) is 5.14. The second-order valence-corrected chi connectivity index (χ2v) is 7.07. The Hall–Kier alpha value is -3.82. The number of nitriles is 1. The lowest BCUT2D eigenvalue weighted by atomic mass is 10.1. The van der Waals surface area contributed by atoms with Crippen molar-refractivity contribution >= 4 is 22.9 Å². The highest BCUT2D eigenvalue weighted by Gasteiger charge is 2.15. The van der Waals surface area contributed by atoms with Crippen molar-refractivity contribution in [1.29, 1.82) is 5.26 Å². The van der Waals surface area contributed by atoms with Crippen molar-refractivity contribution in [3.63, 3.8) is 0 Å². The highest BCUT2D eigenvalue weighted by molar-refractivity contribution is 7.13. The molecule has 1 aromatic heterocycles. The van der Waals surface area contributed by atoms with Gasteiger partial charge in [0.05, 0.1) is 23.0 Å². The van der Waals surface area contributed by atoms with E-state index in [9.17, 15) is 9.18 Å². The van der Waals surface area contributed by atoms with Gasteiger partial charge in [-0.3, -0.25) is 4.79 Å². The maximum atomic E-state index is 14.1. The van der Waals surface area contributed by atoms with Crippen LogP contribution in [0.25, 0.3) is 21.8 Å². The van der Waals surface area contributed by atoms with E-state index in [2.05, 4.69) is 10.3 Å². The SMILES string of the molecule is N#Cc1cccc(C(=O)Nc2ccccc2-c2csc(-c3ccccc3F)n2)c1. The molecule has 0 saturated carbocycles. The molecule has 0 aliphatic rings. The average Bonchev–Trinajstić information content (AvgIpc) is 3.24. The number of amides is 1. The summed E-state index contributed by atoms with van der Waals surface area (Å²) in [6.07, 6.45) is 0. The Labute approximate surface area is 170 Å². The first-order valence-electron chi connectivity index (χ1n) is 8.77. The average molecular weight is 399 g/mol. The molecule has 0 radical (unpaired) electrons. The number of nitrogens with one attached hydrogen (secondary N) is 1. The van der Waals surface area contributed by atoms with Crippen LogP contribution >= 0.6 is 11.3 Å². The van der Waals surface area contributed by atoms with Crippen molar-refractivity contribution in [2.24, 2.45) is 0 Å². The Morgan fingerprint density at radius 2 is 1.76 bits per heavy atom. The number of rotatable bonds is 4. The molecule has 0 spiro atoms. The predicted molar refractivity (Wildman–Crippen MR) is 112 cm³/mol. The van der Waals surface area contributed by atoms with E-state index in [1.165, 1.54) is 23.5 Å². The molecule has 0 fully saturated rings. The molecule has 3 aromatic carbocycles. The zero-order chi connectivity index (χ0) is 20.2. The van der Waals surface area contributed by atoms with Crippen molar-refractivity contribution in [1.82, 2.24) is 4.98 Å². The molecule has 1 N–H and O–H groups in total. The summed E-state index contributed by atoms with van der Waals surface area (Å²) in [5, 5.41) is 14.3. The van der Waals surface area contributed by atoms with E-state index in [4.69, 9.17) is 5.26 Å². The first-order valence-corrected chi connectivity index (χ1v) is 9.65. The van der Waals surface area contributed by atoms with E-state index in [0.717, 1.165) is 5.56 Å². The zero-order valence-electron chi connectivity index (χ0n) is 15.1. The fourth-order valence-corrected chi connectivity index (χ4v) is 3.74. The molecule has 0 saturated heterocycles. The van der Waals surface area contributed by atoms with Gasteiger partial charge in [0.2, 0.25) is 0 Å². The van der Waals surface area contributed by atoms with E-state index >= 15 is 0 Å². The number of halogens is 1. The highest BCUT2D eigenvalue weighted by atomic mass is 32.1. The number of carbonyl (C=O) groups is 1. The molecule has 29 heavy (non-hydrogen) atoms. The fraction of sp³-hybridized carbons (Fsp3) is 0. The third-order valence-corrected chi connectivity index (χ3v) is 5.19. The van der Waals surface area contributed by atoms with Crippen LogP contribution in [0.15, 0.2) is 78.2 Å². The summed E-state index contributed by atoms with van der Waals surface area (Å²) in [6.45, 7) is 0. The molecule has 4 nitrogen and oxygen atoms in total. The van der Waals surface area contributed by atoms with Crippen LogP contribution in [0.1, 0.15) is 15.9 Å². The number of carbonyl (C=O) groups excluding carboxylic acids is 1. The van der Waals surface area contributed by atoms with Crippen LogP contribution in [0, 0.1) is 17.1 Å². The third kappa shape index (κ3) is 3.91. The van der Waals surface area contributed by atoms with Crippen LogP contribution < -0.4 is 5.32 Å². The Balaban J connectivity index is 1.65. The van der Waals surface area contributed by atoms with Gasteiger partial charge in [-0.1, -0.05) is 36.4 Å². The van der Waals surface area contributed by atoms with Gasteiger partial charge in [-0.2, -0.15) is 5.26 Å². The molecule has 1 amide bonds. The second-order valence-electron chi connectivity index (χ2n) is 6.21. The van der Waals surface area contributed by atoms with Crippen LogP contribution in [0.5, 0.6) is 0 Å². The van der Waals surface area contributed by atoms with Gasteiger partial charge in [0.1, 0.15) is 10.8 Å². The Bertz CT molecular complexity index is 1240. The molecular weight excluding hydrogens is 385 g/mol. The van der Waals surface area contributed by atoms with Gasteiger partial charge in [0.25, 0.3) is 5.91 Å². The predicted octanol–water partition coefficient (Wildman–Crippen LogP) is 5.74. The number of para-hydroxylation sites is 1. The smallest absolute Gasteiger partial charge is 0.255 e. The number of hydrogen-bond donors (Lipinski definition) is 1. The highest BCUT2D eigenvalue weighted by Crippen LogP contribution is 2.33. The van der Waals surface area contributed by atoms with E-state index in [1.54, 1.807) is 42.5 Å². The quantitative estimate of drug-likeness (QED) is 0.476. The molecule has 0 unspecified atom stereocenters. The van der Waals surface area contributed by atoms with Crippen molar-refractivity contribution in [3.8, 4) is 27.9 Å². The molecule has 6 heteroatoms. The molecule has 0 aliphatic carbocycles. The number of benzene rings is 3. The topological polar surface area (TPSA) is 65.8 Å². The number of nitrogens with zero attached hydrogens (tertiary/aromatic N) is 2. The van der Waals surface area contributed by atoms with Crippen molar-refractivity contribution in [2.75, 3.05) is 5.32 Å². The summed E-state index contributed by atoms with van der Waals surface area (Å²) in [5.74, 6) is -0.647. The second kappa shape index (κ2) is 8.05. The molecule has 0 atom stereocenters. The van der Waals surface area contributed by atoms with Gasteiger partial charge in [0.15, 0.2) is 0 Å². The summed E-state index contributed by atoms with van der Waals surface area (Å²) in [7, 11) is 0. The fourth-order valence-electron chi connectivity index (χ4n) is 2.90. The van der Waals surface area contributed by atoms with Gasteiger partial charge in [-0.05, 0) is 36.4 Å². The lowest BCUT2D eigenvalue weighted by molar-refractivity contribution is 0.102. The van der Waals surface area contributed by atoms with Crippen LogP contribution in [0.3, 0.4) is 0 Å². The summed E-state index contributed by atoms with van der Waals surface area (Å²) in [6, 6.07) is 22.3. The van der Waals surface area contributed by atoms with Crippen molar-refractivity contribution in [3.05, 3.63) is 95.1 Å². The summed E-state index contributed by atoms with van der Waals surface area (Å²) in [5.41, 5.74) is 3.22. The van der Waals surface area contributed by atoms with Crippen LogP contribution in [0.2, 0.25) is 0 Å². The third-order valence-electron chi connectivity index (χ3n) is 4.31. The lowest BCUT2D eigenvalue weighted by Crippen LogP contribution is -2.12. The van der Waals surface area contributed by atoms with Gasteiger partial charge >= 0.3 is 0 Å². The minimum Gasteiger partial charge on any atom is -0.321 e. The van der Waals surface area contributed by atoms with Crippen LogP contribution in [-0.4, -0.2) is 10.9 Å². The summed E-state index contributed by atoms with van der Waals surface area (Å²) >= 11 is 1.34. The number of hydrogen-bond acceptors (Lipinski definition) is 4. The summed E-state index contributed by atoms with van der Waals surface area (Å²) < 4.78 is 14.1. The van der Waals surface area contributed by atoms with E-state index < -0.39 is 0 Å². The number of thiazole rings is 1. The molecular formula is C23H14FN3OS. The number of aromatic nitrogens is 1. The van der Waals surface area contributed by atoms with Crippen LogP contribution in [0.4, 0.5) is 10.1 Å². The largest absolute Gasteiger partial charge is 0.321 e. The van der Waals surface area contributed by atoms with Gasteiger partial charge in [-0.25, -0.2) is 9.37 Å². The number of anilines is 1. The van der Waals surface area contributed by atoms with Crippen LogP contribution in [-0.2, 0) is 0 Å². The van der Waals surface area contributed by atoms with E-state index in [1.807, 2.05) is 29.6 Å². The molecule has 0 aliphatic heterocycles. The maximum absolute atomic E-state index is 14.1. The lowest BCUT2D eigenvalue weighted by Gasteiger charge is -2.10. The molecule has 1 heterocycles. The minimum atomic E-state index is -0.327. The normalized spacial score (nSPS) is 10.3. The van der Waals surface area contributed by atoms with Crippen molar-refractivity contribution in [2.45, 2.75) is 0 Å². The first kappa shape index (κ1) is 18.5. The maximum Gasteiger partial charge on any atom is 0.255 e. The van der Waals surface area contributed by atoms with Crippen molar-refractivity contribution < 1.29 is 9.18 Å². The van der Waals surface area contributed by atoms with E-state index in [-0.39, 0.29) is 11.7 Å².